The molecule has 0 aliphatic heterocycles. The van der Waals surface area contributed by atoms with Crippen molar-refractivity contribution in [2.24, 2.45) is 0 Å². The topological polar surface area (TPSA) is 39.2 Å². The predicted octanol–water partition coefficient (Wildman–Crippen LogP) is 3.34. The van der Waals surface area contributed by atoms with Crippen LogP contribution in [0.25, 0.3) is 0 Å². The Morgan fingerprint density at radius 3 is 2.56 bits per heavy atom. The summed E-state index contributed by atoms with van der Waals surface area (Å²) in [6.45, 7) is 0.170. The first-order valence-corrected chi connectivity index (χ1v) is 5.97. The van der Waals surface area contributed by atoms with E-state index in [0.29, 0.717) is 0 Å². The third-order valence-corrected chi connectivity index (χ3v) is 2.77. The molecule has 5 heteroatoms. The van der Waals surface area contributed by atoms with Crippen LogP contribution in [-0.4, -0.2) is 11.0 Å². The first-order valence-electron chi connectivity index (χ1n) is 5.18. The monoisotopic (exact) mass is 309 g/mol. The summed E-state index contributed by atoms with van der Waals surface area (Å²) in [5.41, 5.74) is 1.11. The molecule has 0 saturated heterocycles. The molecule has 18 heavy (non-hydrogen) atoms. The Kier molecular flexibility index (Phi) is 4.04. The first-order chi connectivity index (χ1) is 8.65. The molecule has 0 bridgehead atoms. The quantitative estimate of drug-likeness (QED) is 0.645. The van der Waals surface area contributed by atoms with Gasteiger partial charge in [0.2, 0.25) is 5.95 Å². The van der Waals surface area contributed by atoms with Gasteiger partial charge in [-0.2, -0.15) is 4.39 Å². The number of carbonyl (C=O) groups is 1. The van der Waals surface area contributed by atoms with Gasteiger partial charge in [0.15, 0.2) is 0 Å². The third kappa shape index (κ3) is 3.37. The van der Waals surface area contributed by atoms with Crippen LogP contribution in [0.15, 0.2) is 47.1 Å². The van der Waals surface area contributed by atoms with Crippen LogP contribution in [0.4, 0.5) is 4.39 Å². The molecule has 0 aliphatic rings. The van der Waals surface area contributed by atoms with Gasteiger partial charge >= 0.3 is 5.97 Å². The Morgan fingerprint density at radius 1 is 1.22 bits per heavy atom. The number of nitrogens with zero attached hydrogens (tertiary/aromatic N) is 1. The number of ether oxygens (including phenoxy) is 1. The summed E-state index contributed by atoms with van der Waals surface area (Å²) in [4.78, 5) is 15.0. The van der Waals surface area contributed by atoms with Gasteiger partial charge in [0.1, 0.15) is 6.61 Å². The molecule has 0 N–H and O–H groups in total. The van der Waals surface area contributed by atoms with Gasteiger partial charge in [0.05, 0.1) is 5.56 Å². The van der Waals surface area contributed by atoms with Crippen LogP contribution >= 0.6 is 15.9 Å². The van der Waals surface area contributed by atoms with E-state index in [1.54, 1.807) is 0 Å². The third-order valence-electron chi connectivity index (χ3n) is 2.25. The lowest BCUT2D eigenvalue weighted by Crippen LogP contribution is -2.05. The van der Waals surface area contributed by atoms with Crippen LogP contribution in [0.2, 0.25) is 0 Å². The highest BCUT2D eigenvalue weighted by Gasteiger charge is 2.07. The van der Waals surface area contributed by atoms with Crippen LogP contribution in [0.3, 0.4) is 0 Å². The van der Waals surface area contributed by atoms with Gasteiger partial charge in [-0.15, -0.1) is 0 Å². The second-order valence-electron chi connectivity index (χ2n) is 3.57. The lowest BCUT2D eigenvalue weighted by Gasteiger charge is -2.04. The maximum atomic E-state index is 12.6. The van der Waals surface area contributed by atoms with E-state index in [1.807, 2.05) is 24.3 Å². The number of benzene rings is 1. The molecular weight excluding hydrogens is 301 g/mol. The van der Waals surface area contributed by atoms with E-state index in [-0.39, 0.29) is 12.2 Å². The average molecular weight is 310 g/mol. The molecule has 1 aromatic heterocycles. The van der Waals surface area contributed by atoms with Crippen molar-refractivity contribution in [2.45, 2.75) is 6.61 Å². The summed E-state index contributed by atoms with van der Waals surface area (Å²) in [5.74, 6) is -1.15. The molecule has 0 spiro atoms. The molecule has 92 valence electrons. The average Bonchev–Trinajstić information content (AvgIpc) is 2.38. The van der Waals surface area contributed by atoms with Gasteiger partial charge < -0.3 is 4.74 Å². The zero-order chi connectivity index (χ0) is 13.0. The Labute approximate surface area is 112 Å². The van der Waals surface area contributed by atoms with Crippen LogP contribution < -0.4 is 0 Å². The van der Waals surface area contributed by atoms with Crippen molar-refractivity contribution in [2.75, 3.05) is 0 Å². The van der Waals surface area contributed by atoms with Crippen molar-refractivity contribution < 1.29 is 13.9 Å². The van der Waals surface area contributed by atoms with Crippen LogP contribution in [-0.2, 0) is 11.3 Å². The van der Waals surface area contributed by atoms with E-state index in [2.05, 4.69) is 20.9 Å². The van der Waals surface area contributed by atoms with Crippen LogP contribution in [0.1, 0.15) is 15.9 Å². The summed E-state index contributed by atoms with van der Waals surface area (Å²) in [6, 6.07) is 9.88. The number of hydrogen-bond acceptors (Lipinski definition) is 3. The maximum absolute atomic E-state index is 12.6. The molecule has 0 saturated carbocycles. The highest BCUT2D eigenvalue weighted by molar-refractivity contribution is 9.10. The smallest absolute Gasteiger partial charge is 0.340 e. The van der Waals surface area contributed by atoms with Crippen molar-refractivity contribution in [1.29, 1.82) is 0 Å². The summed E-state index contributed by atoms with van der Waals surface area (Å²) < 4.78 is 18.6. The van der Waals surface area contributed by atoms with Crippen LogP contribution in [0.5, 0.6) is 0 Å². The maximum Gasteiger partial charge on any atom is 0.340 e. The predicted molar refractivity (Wildman–Crippen MR) is 67.5 cm³/mol. The number of hydrogen-bond donors (Lipinski definition) is 0. The standard InChI is InChI=1S/C13H9BrFNO2/c14-11-4-1-9(2-5-11)8-18-13(17)10-3-6-12(15)16-7-10/h1-7H,8H2. The minimum absolute atomic E-state index is 0.170. The number of halogens is 2. The Morgan fingerprint density at radius 2 is 1.94 bits per heavy atom. The van der Waals surface area contributed by atoms with Gasteiger partial charge in [0, 0.05) is 10.7 Å². The van der Waals surface area contributed by atoms with E-state index in [9.17, 15) is 9.18 Å². The summed E-state index contributed by atoms with van der Waals surface area (Å²) >= 11 is 3.32. The molecule has 1 aromatic carbocycles. The molecule has 0 fully saturated rings. The normalized spacial score (nSPS) is 10.1. The van der Waals surface area contributed by atoms with E-state index < -0.39 is 11.9 Å². The van der Waals surface area contributed by atoms with Crippen molar-refractivity contribution in [3.63, 3.8) is 0 Å². The van der Waals surface area contributed by atoms with Crippen molar-refractivity contribution >= 4 is 21.9 Å². The fourth-order valence-electron chi connectivity index (χ4n) is 1.31. The highest BCUT2D eigenvalue weighted by Crippen LogP contribution is 2.12. The minimum atomic E-state index is -0.626. The fraction of sp³-hybridized carbons (Fsp3) is 0.0769. The molecule has 3 nitrogen and oxygen atoms in total. The molecule has 0 unspecified atom stereocenters. The minimum Gasteiger partial charge on any atom is -0.457 e. The van der Waals surface area contributed by atoms with E-state index in [0.717, 1.165) is 22.3 Å². The molecule has 2 aromatic rings. The zero-order valence-corrected chi connectivity index (χ0v) is 10.9. The highest BCUT2D eigenvalue weighted by atomic mass is 79.9. The second kappa shape index (κ2) is 5.73. The van der Waals surface area contributed by atoms with Gasteiger partial charge in [-0.3, -0.25) is 0 Å². The Bertz CT molecular complexity index is 540. The summed E-state index contributed by atoms with van der Waals surface area (Å²) in [6.07, 6.45) is 1.15. The lowest BCUT2D eigenvalue weighted by atomic mass is 10.2. The molecule has 0 amide bonds. The van der Waals surface area contributed by atoms with Gasteiger partial charge in [-0.25, -0.2) is 9.78 Å². The van der Waals surface area contributed by atoms with Crippen molar-refractivity contribution in [1.82, 2.24) is 4.98 Å². The Hall–Kier alpha value is -1.75. The van der Waals surface area contributed by atoms with E-state index in [1.165, 1.54) is 6.07 Å². The first kappa shape index (κ1) is 12.7. The fourth-order valence-corrected chi connectivity index (χ4v) is 1.57. The Balaban J connectivity index is 1.96. The molecule has 2 rings (SSSR count). The van der Waals surface area contributed by atoms with E-state index in [4.69, 9.17) is 4.74 Å². The van der Waals surface area contributed by atoms with Crippen LogP contribution in [0, 0.1) is 5.95 Å². The molecular formula is C13H9BrFNO2. The van der Waals surface area contributed by atoms with Gasteiger partial charge in [0.25, 0.3) is 0 Å². The lowest BCUT2D eigenvalue weighted by molar-refractivity contribution is 0.0472. The number of carbonyl (C=O) groups excluding carboxylic acids is 1. The van der Waals surface area contributed by atoms with Crippen molar-refractivity contribution in [3.05, 3.63) is 64.1 Å². The SMILES string of the molecule is O=C(OCc1ccc(Br)cc1)c1ccc(F)nc1. The molecule has 0 radical (unpaired) electrons. The number of esters is 1. The summed E-state index contributed by atoms with van der Waals surface area (Å²) in [5, 5.41) is 0. The zero-order valence-electron chi connectivity index (χ0n) is 9.27. The van der Waals surface area contributed by atoms with Gasteiger partial charge in [-0.05, 0) is 29.8 Å². The molecule has 0 aliphatic carbocycles. The molecule has 1 heterocycles. The van der Waals surface area contributed by atoms with E-state index >= 15 is 0 Å². The number of aromatic nitrogens is 1. The van der Waals surface area contributed by atoms with Crippen molar-refractivity contribution in [3.8, 4) is 0 Å². The van der Waals surface area contributed by atoms with Gasteiger partial charge in [-0.1, -0.05) is 28.1 Å². The largest absolute Gasteiger partial charge is 0.457 e. The molecule has 0 atom stereocenters. The number of rotatable bonds is 3. The second-order valence-corrected chi connectivity index (χ2v) is 4.49. The number of pyridine rings is 1. The summed E-state index contributed by atoms with van der Waals surface area (Å²) in [7, 11) is 0.